The number of fused-ring (bicyclic) bond motifs is 6. The van der Waals surface area contributed by atoms with Crippen LogP contribution >= 0.6 is 0 Å². The van der Waals surface area contributed by atoms with E-state index in [0.29, 0.717) is 6.67 Å². The Morgan fingerprint density at radius 3 is 2.05 bits per heavy atom. The standard InChI is InChI=1S/C54H42N4O2/c1-54(2,3)39-28-41(56-34-50(37-17-9-5-10-18-37)57(35-56)40-19-11-6-12-20-40)30-43(29-39)59-42-24-25-44-46-27-38(36-15-7-4-8-16-36)23-26-48(46)58(49(44)31-42)53-32-52-47(33-55-53)45-21-13-14-22-51(45)60-52/h4-34H,35H2,1-3H3. The maximum Gasteiger partial charge on any atom is 0.141 e. The quantitative estimate of drug-likeness (QED) is 0.161. The Kier molecular flexibility index (Phi) is 8.34. The van der Waals surface area contributed by atoms with E-state index >= 15 is 0 Å². The summed E-state index contributed by atoms with van der Waals surface area (Å²) < 4.78 is 15.5. The molecule has 1 aliphatic rings. The van der Waals surface area contributed by atoms with E-state index in [1.807, 2.05) is 24.4 Å². The molecule has 6 heteroatoms. The van der Waals surface area contributed by atoms with E-state index in [1.54, 1.807) is 0 Å². The Balaban J connectivity index is 1.03. The zero-order chi connectivity index (χ0) is 40.4. The van der Waals surface area contributed by atoms with Crippen LogP contribution in [-0.2, 0) is 5.41 Å². The first-order chi connectivity index (χ1) is 29.3. The van der Waals surface area contributed by atoms with Crippen LogP contribution in [0.25, 0.3) is 66.4 Å². The number of furan rings is 1. The van der Waals surface area contributed by atoms with Crippen molar-refractivity contribution in [2.24, 2.45) is 0 Å². The lowest BCUT2D eigenvalue weighted by atomic mass is 9.86. The van der Waals surface area contributed by atoms with Crippen LogP contribution in [0.2, 0.25) is 0 Å². The van der Waals surface area contributed by atoms with Crippen molar-refractivity contribution in [3.8, 4) is 28.4 Å². The second-order valence-electron chi connectivity index (χ2n) is 16.6. The van der Waals surface area contributed by atoms with Gasteiger partial charge in [-0.2, -0.15) is 0 Å². The summed E-state index contributed by atoms with van der Waals surface area (Å²) in [6.45, 7) is 7.42. The number of para-hydroxylation sites is 2. The average molecular weight is 779 g/mol. The average Bonchev–Trinajstić information content (AvgIpc) is 3.99. The van der Waals surface area contributed by atoms with Crippen LogP contribution in [0.4, 0.5) is 11.4 Å². The molecule has 290 valence electrons. The normalized spacial score (nSPS) is 13.2. The summed E-state index contributed by atoms with van der Waals surface area (Å²) in [5.41, 5.74) is 11.6. The molecular formula is C54H42N4O2. The zero-order valence-electron chi connectivity index (χ0n) is 33.7. The predicted molar refractivity (Wildman–Crippen MR) is 247 cm³/mol. The number of benzene rings is 7. The van der Waals surface area contributed by atoms with Gasteiger partial charge in [-0.15, -0.1) is 0 Å². The third kappa shape index (κ3) is 6.25. The minimum Gasteiger partial charge on any atom is -0.457 e. The number of hydrogen-bond donors (Lipinski definition) is 0. The van der Waals surface area contributed by atoms with Gasteiger partial charge >= 0.3 is 0 Å². The fourth-order valence-electron chi connectivity index (χ4n) is 8.54. The van der Waals surface area contributed by atoms with Gasteiger partial charge in [-0.1, -0.05) is 124 Å². The maximum absolute atomic E-state index is 6.92. The molecule has 4 heterocycles. The Labute approximate surface area is 348 Å². The van der Waals surface area contributed by atoms with E-state index < -0.39 is 0 Å². The third-order valence-corrected chi connectivity index (χ3v) is 11.6. The van der Waals surface area contributed by atoms with E-state index in [4.69, 9.17) is 14.1 Å². The smallest absolute Gasteiger partial charge is 0.141 e. The van der Waals surface area contributed by atoms with Crippen molar-refractivity contribution in [1.82, 2.24) is 9.55 Å². The van der Waals surface area contributed by atoms with Crippen molar-refractivity contribution in [3.05, 3.63) is 199 Å². The summed E-state index contributed by atoms with van der Waals surface area (Å²) in [5, 5.41) is 4.31. The molecule has 0 fully saturated rings. The first-order valence-corrected chi connectivity index (χ1v) is 20.5. The topological polar surface area (TPSA) is 46.7 Å². The van der Waals surface area contributed by atoms with Crippen LogP contribution in [-0.4, -0.2) is 16.2 Å². The van der Waals surface area contributed by atoms with E-state index in [-0.39, 0.29) is 5.41 Å². The number of aromatic nitrogens is 2. The van der Waals surface area contributed by atoms with Gasteiger partial charge < -0.3 is 19.0 Å². The van der Waals surface area contributed by atoms with E-state index in [0.717, 1.165) is 83.7 Å². The van der Waals surface area contributed by atoms with Gasteiger partial charge in [0.1, 0.15) is 28.5 Å². The minimum atomic E-state index is -0.118. The monoisotopic (exact) mass is 778 g/mol. The van der Waals surface area contributed by atoms with Crippen molar-refractivity contribution in [1.29, 1.82) is 0 Å². The highest BCUT2D eigenvalue weighted by Crippen LogP contribution is 2.41. The molecule has 0 aliphatic carbocycles. The number of ether oxygens (including phenoxy) is 1. The largest absolute Gasteiger partial charge is 0.457 e. The fraction of sp³-hybridized carbons (Fsp3) is 0.0926. The number of rotatable bonds is 7. The molecular weight excluding hydrogens is 737 g/mol. The molecule has 0 radical (unpaired) electrons. The Bertz CT molecular complexity index is 3250. The van der Waals surface area contributed by atoms with Gasteiger partial charge in [0.2, 0.25) is 0 Å². The molecule has 10 aromatic rings. The van der Waals surface area contributed by atoms with Crippen molar-refractivity contribution in [2.75, 3.05) is 16.5 Å². The molecule has 0 saturated carbocycles. The third-order valence-electron chi connectivity index (χ3n) is 11.6. The molecule has 0 amide bonds. The van der Waals surface area contributed by atoms with Crippen LogP contribution in [0.5, 0.6) is 11.5 Å². The van der Waals surface area contributed by atoms with Gasteiger partial charge in [0.05, 0.1) is 23.4 Å². The first kappa shape index (κ1) is 35.6. The number of pyridine rings is 1. The molecule has 1 aliphatic heterocycles. The zero-order valence-corrected chi connectivity index (χ0v) is 33.7. The highest BCUT2D eigenvalue weighted by molar-refractivity contribution is 6.11. The first-order valence-electron chi connectivity index (χ1n) is 20.5. The van der Waals surface area contributed by atoms with E-state index in [1.165, 1.54) is 16.7 Å². The minimum absolute atomic E-state index is 0.118. The SMILES string of the molecule is CC(C)(C)c1cc(Oc2ccc3c4cc(-c5ccccc5)ccc4n(-c4cc5oc6ccccc6c5cn4)c3c2)cc(N2C=C(c3ccccc3)N(c3ccccc3)C2)c1. The summed E-state index contributed by atoms with van der Waals surface area (Å²) >= 11 is 0. The predicted octanol–water partition coefficient (Wildman–Crippen LogP) is 14.1. The van der Waals surface area contributed by atoms with Gasteiger partial charge in [0.15, 0.2) is 0 Å². The van der Waals surface area contributed by atoms with Gasteiger partial charge in [0.25, 0.3) is 0 Å². The summed E-state index contributed by atoms with van der Waals surface area (Å²) in [6, 6.07) is 61.6. The van der Waals surface area contributed by atoms with Gasteiger partial charge in [-0.3, -0.25) is 4.57 Å². The Hall–Kier alpha value is -7.57. The number of anilines is 2. The summed E-state index contributed by atoms with van der Waals surface area (Å²) in [7, 11) is 0. The van der Waals surface area contributed by atoms with Crippen LogP contribution < -0.4 is 14.5 Å². The Morgan fingerprint density at radius 1 is 0.533 bits per heavy atom. The maximum atomic E-state index is 6.92. The lowest BCUT2D eigenvalue weighted by Gasteiger charge is -2.26. The Morgan fingerprint density at radius 2 is 1.27 bits per heavy atom. The van der Waals surface area contributed by atoms with Crippen molar-refractivity contribution in [2.45, 2.75) is 26.2 Å². The van der Waals surface area contributed by atoms with Crippen molar-refractivity contribution in [3.63, 3.8) is 0 Å². The molecule has 3 aromatic heterocycles. The van der Waals surface area contributed by atoms with E-state index in [9.17, 15) is 0 Å². The summed E-state index contributed by atoms with van der Waals surface area (Å²) in [5.74, 6) is 2.30. The molecule has 0 unspecified atom stereocenters. The molecule has 0 saturated heterocycles. The molecule has 60 heavy (non-hydrogen) atoms. The van der Waals surface area contributed by atoms with Crippen LogP contribution in [0, 0.1) is 0 Å². The van der Waals surface area contributed by atoms with Crippen LogP contribution in [0.1, 0.15) is 31.9 Å². The second kappa shape index (κ2) is 14.1. The lowest BCUT2D eigenvalue weighted by Crippen LogP contribution is -2.26. The number of hydrogen-bond acceptors (Lipinski definition) is 5. The van der Waals surface area contributed by atoms with Crippen molar-refractivity contribution >= 4 is 60.8 Å². The van der Waals surface area contributed by atoms with Gasteiger partial charge in [-0.25, -0.2) is 4.98 Å². The molecule has 0 N–H and O–H groups in total. The molecule has 6 nitrogen and oxygen atoms in total. The fourth-order valence-corrected chi connectivity index (χ4v) is 8.54. The van der Waals surface area contributed by atoms with Gasteiger partial charge in [0, 0.05) is 63.5 Å². The van der Waals surface area contributed by atoms with Crippen LogP contribution in [0.15, 0.2) is 193 Å². The van der Waals surface area contributed by atoms with E-state index in [2.05, 4.69) is 199 Å². The number of nitrogens with zero attached hydrogens (tertiary/aromatic N) is 4. The van der Waals surface area contributed by atoms with Crippen LogP contribution in [0.3, 0.4) is 0 Å². The lowest BCUT2D eigenvalue weighted by molar-refractivity contribution is 0.479. The highest BCUT2D eigenvalue weighted by Gasteiger charge is 2.27. The molecule has 0 spiro atoms. The highest BCUT2D eigenvalue weighted by atomic mass is 16.5. The van der Waals surface area contributed by atoms with Crippen molar-refractivity contribution < 1.29 is 9.15 Å². The summed E-state index contributed by atoms with van der Waals surface area (Å²) in [4.78, 5) is 9.75. The molecule has 0 bridgehead atoms. The summed E-state index contributed by atoms with van der Waals surface area (Å²) in [6.07, 6.45) is 4.19. The van der Waals surface area contributed by atoms with Gasteiger partial charge in [-0.05, 0) is 82.3 Å². The second-order valence-corrected chi connectivity index (χ2v) is 16.6. The molecule has 7 aromatic carbocycles. The molecule has 11 rings (SSSR count). The molecule has 0 atom stereocenters.